The van der Waals surface area contributed by atoms with Crippen molar-refractivity contribution >= 4 is 0 Å². The van der Waals surface area contributed by atoms with Crippen LogP contribution in [0.15, 0.2) is 10.7 Å². The minimum atomic E-state index is -0.436. The highest BCUT2D eigenvalue weighted by molar-refractivity contribution is 5.45. The lowest BCUT2D eigenvalue weighted by molar-refractivity contribution is 0.169. The van der Waals surface area contributed by atoms with Gasteiger partial charge in [-0.1, -0.05) is 5.16 Å². The van der Waals surface area contributed by atoms with Crippen molar-refractivity contribution in [3.05, 3.63) is 12.1 Å². The summed E-state index contributed by atoms with van der Waals surface area (Å²) in [6.45, 7) is 2.93. The minimum Gasteiger partial charge on any atom is -0.379 e. The van der Waals surface area contributed by atoms with Crippen LogP contribution in [0.5, 0.6) is 0 Å². The summed E-state index contributed by atoms with van der Waals surface area (Å²) in [4.78, 5) is 4.30. The average Bonchev–Trinajstić information content (AvgIpc) is 3.01. The number of hydrogen-bond donors (Lipinski definition) is 2. The van der Waals surface area contributed by atoms with Gasteiger partial charge in [-0.2, -0.15) is 20.4 Å². The third-order valence-electron chi connectivity index (χ3n) is 3.08. The highest BCUT2D eigenvalue weighted by atomic mass is 16.5. The summed E-state index contributed by atoms with van der Waals surface area (Å²) in [5.74, 6) is 0.870. The van der Waals surface area contributed by atoms with Crippen molar-refractivity contribution in [2.24, 2.45) is 5.73 Å². The molecule has 1 saturated heterocycles. The number of aromatic nitrogens is 5. The van der Waals surface area contributed by atoms with E-state index >= 15 is 0 Å². The molecule has 0 radical (unpaired) electrons. The van der Waals surface area contributed by atoms with Gasteiger partial charge in [0.2, 0.25) is 11.7 Å². The second-order valence-corrected chi connectivity index (χ2v) is 4.32. The van der Waals surface area contributed by atoms with Crippen molar-refractivity contribution < 1.29 is 9.26 Å². The largest absolute Gasteiger partial charge is 0.379 e. The molecule has 0 bridgehead atoms. The van der Waals surface area contributed by atoms with E-state index in [0.29, 0.717) is 30.6 Å². The van der Waals surface area contributed by atoms with Crippen LogP contribution in [-0.4, -0.2) is 44.8 Å². The van der Waals surface area contributed by atoms with E-state index in [0.717, 1.165) is 0 Å². The molecule has 3 heterocycles. The fourth-order valence-corrected chi connectivity index (χ4v) is 1.78. The molecule has 8 heteroatoms. The third kappa shape index (κ3) is 1.53. The maximum absolute atomic E-state index is 5.99. The summed E-state index contributed by atoms with van der Waals surface area (Å²) < 4.78 is 10.6. The lowest BCUT2D eigenvalue weighted by atomic mass is 9.86. The van der Waals surface area contributed by atoms with Gasteiger partial charge in [0, 0.05) is 6.04 Å². The summed E-state index contributed by atoms with van der Waals surface area (Å²) in [7, 11) is 0. The Balaban J connectivity index is 1.95. The van der Waals surface area contributed by atoms with Crippen molar-refractivity contribution in [1.82, 2.24) is 25.6 Å². The fourth-order valence-electron chi connectivity index (χ4n) is 1.78. The molecule has 2 aromatic heterocycles. The topological polar surface area (TPSA) is 116 Å². The van der Waals surface area contributed by atoms with Crippen molar-refractivity contribution in [3.8, 4) is 11.5 Å². The number of hydrogen-bond acceptors (Lipinski definition) is 7. The molecule has 0 saturated carbocycles. The maximum Gasteiger partial charge on any atom is 0.236 e. The standard InChI is InChI=1S/C9H12N6O2/c1-9(4-16-3-6(9)10)8-12-7(14-17-8)5-2-11-15-13-5/h2,6H,3-4,10H2,1H3,(H,11,13,15). The molecular formula is C9H12N6O2. The Morgan fingerprint density at radius 3 is 3.12 bits per heavy atom. The maximum atomic E-state index is 5.99. The van der Waals surface area contributed by atoms with Gasteiger partial charge in [0.05, 0.1) is 24.8 Å². The molecule has 2 unspecified atom stereocenters. The van der Waals surface area contributed by atoms with Gasteiger partial charge >= 0.3 is 0 Å². The number of nitrogens with zero attached hydrogens (tertiary/aromatic N) is 4. The first kappa shape index (κ1) is 10.4. The zero-order chi connectivity index (χ0) is 11.9. The van der Waals surface area contributed by atoms with E-state index in [1.54, 1.807) is 0 Å². The molecule has 2 atom stereocenters. The van der Waals surface area contributed by atoms with Crippen LogP contribution in [0.2, 0.25) is 0 Å². The first-order chi connectivity index (χ1) is 8.20. The predicted octanol–water partition coefficient (Wildman–Crippen LogP) is -0.530. The Morgan fingerprint density at radius 2 is 2.47 bits per heavy atom. The summed E-state index contributed by atoms with van der Waals surface area (Å²) >= 11 is 0. The van der Waals surface area contributed by atoms with E-state index < -0.39 is 5.41 Å². The summed E-state index contributed by atoms with van der Waals surface area (Å²) in [5.41, 5.74) is 6.09. The molecule has 1 aliphatic rings. The fraction of sp³-hybridized carbons (Fsp3) is 0.556. The van der Waals surface area contributed by atoms with Crippen molar-refractivity contribution in [1.29, 1.82) is 0 Å². The molecule has 2 aromatic rings. The summed E-state index contributed by atoms with van der Waals surface area (Å²) in [6, 6.07) is -0.145. The van der Waals surface area contributed by atoms with E-state index in [1.807, 2.05) is 6.92 Å². The van der Waals surface area contributed by atoms with Gasteiger partial charge in [-0.3, -0.25) is 0 Å². The zero-order valence-corrected chi connectivity index (χ0v) is 9.25. The monoisotopic (exact) mass is 236 g/mol. The Bertz CT molecular complexity index is 509. The van der Waals surface area contributed by atoms with Crippen molar-refractivity contribution in [2.45, 2.75) is 18.4 Å². The Morgan fingerprint density at radius 1 is 1.59 bits per heavy atom. The molecule has 3 N–H and O–H groups in total. The number of rotatable bonds is 2. The molecule has 0 amide bonds. The van der Waals surface area contributed by atoms with Crippen LogP contribution in [0, 0.1) is 0 Å². The normalized spacial score (nSPS) is 28.7. The Hall–Kier alpha value is -1.80. The smallest absolute Gasteiger partial charge is 0.236 e. The number of ether oxygens (including phenoxy) is 1. The molecule has 0 spiro atoms. The van der Waals surface area contributed by atoms with E-state index in [-0.39, 0.29) is 6.04 Å². The zero-order valence-electron chi connectivity index (χ0n) is 9.25. The number of nitrogens with two attached hydrogens (primary N) is 1. The lowest BCUT2D eigenvalue weighted by Gasteiger charge is -2.21. The molecule has 1 aliphatic heterocycles. The van der Waals surface area contributed by atoms with Gasteiger partial charge in [-0.05, 0) is 6.92 Å². The average molecular weight is 236 g/mol. The SMILES string of the molecule is CC1(c2nc(-c3cn[nH]n3)no2)COCC1N. The number of H-pyrrole nitrogens is 1. The number of nitrogens with one attached hydrogen (secondary N) is 1. The van der Waals surface area contributed by atoms with Gasteiger partial charge in [0.1, 0.15) is 0 Å². The summed E-state index contributed by atoms with van der Waals surface area (Å²) in [5, 5.41) is 13.9. The second kappa shape index (κ2) is 3.60. The van der Waals surface area contributed by atoms with Crippen molar-refractivity contribution in [2.75, 3.05) is 13.2 Å². The molecule has 0 aliphatic carbocycles. The highest BCUT2D eigenvalue weighted by Crippen LogP contribution is 2.31. The predicted molar refractivity (Wildman–Crippen MR) is 55.8 cm³/mol. The summed E-state index contributed by atoms with van der Waals surface area (Å²) in [6.07, 6.45) is 1.53. The van der Waals surface area contributed by atoms with Crippen LogP contribution in [0.3, 0.4) is 0 Å². The second-order valence-electron chi connectivity index (χ2n) is 4.32. The molecular weight excluding hydrogens is 224 g/mol. The quantitative estimate of drug-likeness (QED) is 0.719. The first-order valence-electron chi connectivity index (χ1n) is 5.24. The van der Waals surface area contributed by atoms with Crippen LogP contribution in [-0.2, 0) is 10.2 Å². The molecule has 1 fully saturated rings. The van der Waals surface area contributed by atoms with E-state index in [4.69, 9.17) is 15.0 Å². The number of aromatic amines is 1. The van der Waals surface area contributed by atoms with Crippen LogP contribution >= 0.6 is 0 Å². The van der Waals surface area contributed by atoms with Crippen LogP contribution in [0.4, 0.5) is 0 Å². The van der Waals surface area contributed by atoms with E-state index in [9.17, 15) is 0 Å². The molecule has 90 valence electrons. The minimum absolute atomic E-state index is 0.145. The molecule has 8 nitrogen and oxygen atoms in total. The third-order valence-corrected chi connectivity index (χ3v) is 3.08. The highest BCUT2D eigenvalue weighted by Gasteiger charge is 2.44. The van der Waals surface area contributed by atoms with Crippen LogP contribution in [0.1, 0.15) is 12.8 Å². The van der Waals surface area contributed by atoms with E-state index in [1.165, 1.54) is 6.20 Å². The van der Waals surface area contributed by atoms with Gasteiger partial charge < -0.3 is 15.0 Å². The molecule has 3 rings (SSSR count). The van der Waals surface area contributed by atoms with Crippen LogP contribution in [0.25, 0.3) is 11.5 Å². The van der Waals surface area contributed by atoms with Crippen molar-refractivity contribution in [3.63, 3.8) is 0 Å². The molecule has 17 heavy (non-hydrogen) atoms. The van der Waals surface area contributed by atoms with Gasteiger partial charge in [-0.15, -0.1) is 0 Å². The van der Waals surface area contributed by atoms with Gasteiger partial charge in [0.25, 0.3) is 0 Å². The van der Waals surface area contributed by atoms with Gasteiger partial charge in [0.15, 0.2) is 5.69 Å². The first-order valence-corrected chi connectivity index (χ1v) is 5.24. The van der Waals surface area contributed by atoms with Crippen LogP contribution < -0.4 is 5.73 Å². The van der Waals surface area contributed by atoms with E-state index in [2.05, 4.69) is 25.6 Å². The van der Waals surface area contributed by atoms with Gasteiger partial charge in [-0.25, -0.2) is 0 Å². The Labute approximate surface area is 96.5 Å². The molecule has 0 aromatic carbocycles. The Kier molecular flexibility index (Phi) is 2.20. The lowest BCUT2D eigenvalue weighted by Crippen LogP contribution is -2.42.